The first kappa shape index (κ1) is 23.7. The van der Waals surface area contributed by atoms with Crippen LogP contribution in [-0.2, 0) is 9.59 Å². The van der Waals surface area contributed by atoms with Crippen LogP contribution in [0.15, 0.2) is 61.7 Å². The molecule has 0 aliphatic heterocycles. The molecule has 31 heavy (non-hydrogen) atoms. The number of ether oxygens (including phenoxy) is 4. The predicted octanol–water partition coefficient (Wildman–Crippen LogP) is 5.21. The minimum Gasteiger partial charge on any atom is -0.490 e. The number of rotatable bonds is 11. The molecule has 6 nitrogen and oxygen atoms in total. The van der Waals surface area contributed by atoms with Crippen LogP contribution in [0.3, 0.4) is 0 Å². The Kier molecular flexibility index (Phi) is 8.88. The van der Waals surface area contributed by atoms with Crippen LogP contribution in [0.4, 0.5) is 0 Å². The van der Waals surface area contributed by atoms with Crippen LogP contribution >= 0.6 is 0 Å². The minimum absolute atomic E-state index is 0.173. The first-order chi connectivity index (χ1) is 15.0. The van der Waals surface area contributed by atoms with Gasteiger partial charge in [0.1, 0.15) is 0 Å². The Morgan fingerprint density at radius 2 is 1.23 bits per heavy atom. The zero-order valence-corrected chi connectivity index (χ0v) is 18.2. The number of carbonyl (C=O) groups excluding carboxylic acids is 2. The Balaban J connectivity index is 2.64. The lowest BCUT2D eigenvalue weighted by Crippen LogP contribution is -2.11. The van der Waals surface area contributed by atoms with Crippen molar-refractivity contribution in [3.8, 4) is 23.0 Å². The molecule has 0 radical (unpaired) electrons. The van der Waals surface area contributed by atoms with E-state index in [0.29, 0.717) is 42.6 Å². The van der Waals surface area contributed by atoms with Crippen molar-refractivity contribution < 1.29 is 28.5 Å². The highest BCUT2D eigenvalue weighted by molar-refractivity contribution is 5.84. The molecule has 2 aromatic rings. The zero-order valence-electron chi connectivity index (χ0n) is 18.2. The first-order valence-corrected chi connectivity index (χ1v) is 10.2. The Morgan fingerprint density at radius 1 is 0.806 bits per heavy atom. The summed E-state index contributed by atoms with van der Waals surface area (Å²) in [6.45, 7) is 13.4. The van der Waals surface area contributed by atoms with Gasteiger partial charge in [0.05, 0.1) is 13.2 Å². The molecule has 2 rings (SSSR count). The summed E-state index contributed by atoms with van der Waals surface area (Å²) in [5.41, 5.74) is 1.65. The van der Waals surface area contributed by atoms with Crippen molar-refractivity contribution in [2.24, 2.45) is 0 Å². The number of para-hydroxylation sites is 2. The van der Waals surface area contributed by atoms with E-state index in [9.17, 15) is 9.59 Å². The van der Waals surface area contributed by atoms with Crippen LogP contribution in [0.25, 0.3) is 0 Å². The highest BCUT2D eigenvalue weighted by Gasteiger charge is 2.25. The molecule has 6 heteroatoms. The van der Waals surface area contributed by atoms with Crippen LogP contribution in [0.5, 0.6) is 23.0 Å². The maximum absolute atomic E-state index is 11.8. The van der Waals surface area contributed by atoms with E-state index in [0.717, 1.165) is 23.3 Å². The molecule has 0 heterocycles. The molecule has 164 valence electrons. The van der Waals surface area contributed by atoms with E-state index in [4.69, 9.17) is 18.9 Å². The van der Waals surface area contributed by atoms with Gasteiger partial charge in [-0.1, -0.05) is 44.3 Å². The summed E-state index contributed by atoms with van der Waals surface area (Å²) in [7, 11) is 0. The molecule has 0 unspecified atom stereocenters. The molecule has 0 bridgehead atoms. The van der Waals surface area contributed by atoms with Gasteiger partial charge in [0, 0.05) is 29.2 Å². The highest BCUT2D eigenvalue weighted by Crippen LogP contribution is 2.45. The number of hydrogen-bond acceptors (Lipinski definition) is 6. The lowest BCUT2D eigenvalue weighted by atomic mass is 9.87. The fourth-order valence-corrected chi connectivity index (χ4v) is 3.28. The molecule has 0 N–H and O–H groups in total. The lowest BCUT2D eigenvalue weighted by Gasteiger charge is -2.24. The predicted molar refractivity (Wildman–Crippen MR) is 119 cm³/mol. The fraction of sp³-hybridized carbons (Fsp3) is 0.280. The summed E-state index contributed by atoms with van der Waals surface area (Å²) in [6.07, 6.45) is 2.90. The molecular weight excluding hydrogens is 396 g/mol. The van der Waals surface area contributed by atoms with Crippen molar-refractivity contribution in [1.82, 2.24) is 0 Å². The molecule has 2 aromatic carbocycles. The monoisotopic (exact) mass is 424 g/mol. The van der Waals surface area contributed by atoms with Crippen molar-refractivity contribution in [3.05, 3.63) is 72.8 Å². The smallest absolute Gasteiger partial charge is 0.335 e. The van der Waals surface area contributed by atoms with E-state index in [2.05, 4.69) is 13.2 Å². The van der Waals surface area contributed by atoms with Gasteiger partial charge < -0.3 is 18.9 Å². The molecule has 0 spiro atoms. The summed E-state index contributed by atoms with van der Waals surface area (Å²) in [4.78, 5) is 23.6. The molecule has 0 aromatic heterocycles. The number of carbonyl (C=O) groups is 2. The average Bonchev–Trinajstić information content (AvgIpc) is 2.78. The van der Waals surface area contributed by atoms with E-state index in [1.54, 1.807) is 24.3 Å². The SMILES string of the molecule is C=CC(=O)Oc1cccc(C(CC)c2cccc(OC(=O)C=C)c2OCC)c1OCC. The third-order valence-electron chi connectivity index (χ3n) is 4.51. The third kappa shape index (κ3) is 5.75. The Labute approximate surface area is 183 Å². The van der Waals surface area contributed by atoms with Crippen LogP contribution < -0.4 is 18.9 Å². The largest absolute Gasteiger partial charge is 0.490 e. The minimum atomic E-state index is -0.570. The van der Waals surface area contributed by atoms with Gasteiger partial charge in [-0.3, -0.25) is 0 Å². The van der Waals surface area contributed by atoms with E-state index < -0.39 is 11.9 Å². The second-order valence-corrected chi connectivity index (χ2v) is 6.43. The standard InChI is InChI=1S/C25H28O6/c1-6-17(18-13-11-15-20(24(18)28-9-4)30-22(26)7-2)19-14-12-16-21(25(19)29-10-5)31-23(27)8-3/h7-8,11-17H,2-3,6,9-10H2,1,4-5H3. The van der Waals surface area contributed by atoms with Crippen LogP contribution in [0.2, 0.25) is 0 Å². The van der Waals surface area contributed by atoms with E-state index in [1.165, 1.54) is 0 Å². The molecule has 0 aliphatic rings. The molecule has 0 amide bonds. The Bertz CT molecular complexity index is 872. The van der Waals surface area contributed by atoms with Gasteiger partial charge >= 0.3 is 11.9 Å². The summed E-state index contributed by atoms with van der Waals surface area (Å²) in [5.74, 6) is 0.266. The van der Waals surface area contributed by atoms with Crippen LogP contribution in [0.1, 0.15) is 44.2 Å². The Hall–Kier alpha value is -3.54. The van der Waals surface area contributed by atoms with Gasteiger partial charge in [-0.25, -0.2) is 9.59 Å². The maximum atomic E-state index is 11.8. The molecule has 0 saturated heterocycles. The van der Waals surface area contributed by atoms with E-state index in [-0.39, 0.29) is 5.92 Å². The van der Waals surface area contributed by atoms with Crippen LogP contribution in [0, 0.1) is 0 Å². The number of hydrogen-bond donors (Lipinski definition) is 0. The highest BCUT2D eigenvalue weighted by atomic mass is 16.6. The second-order valence-electron chi connectivity index (χ2n) is 6.43. The third-order valence-corrected chi connectivity index (χ3v) is 4.51. The van der Waals surface area contributed by atoms with Crippen molar-refractivity contribution in [2.75, 3.05) is 13.2 Å². The number of benzene rings is 2. The Morgan fingerprint density at radius 3 is 1.55 bits per heavy atom. The summed E-state index contributed by atoms with van der Waals surface area (Å²) >= 11 is 0. The average molecular weight is 424 g/mol. The zero-order chi connectivity index (χ0) is 22.8. The van der Waals surface area contributed by atoms with Crippen molar-refractivity contribution in [2.45, 2.75) is 33.1 Å². The van der Waals surface area contributed by atoms with E-state index >= 15 is 0 Å². The van der Waals surface area contributed by atoms with Crippen LogP contribution in [-0.4, -0.2) is 25.2 Å². The van der Waals surface area contributed by atoms with Gasteiger partial charge in [-0.05, 0) is 32.4 Å². The second kappa shape index (κ2) is 11.6. The molecule has 0 saturated carbocycles. The van der Waals surface area contributed by atoms with Crippen molar-refractivity contribution in [1.29, 1.82) is 0 Å². The van der Waals surface area contributed by atoms with Gasteiger partial charge in [0.2, 0.25) is 0 Å². The molecule has 0 fully saturated rings. The van der Waals surface area contributed by atoms with E-state index in [1.807, 2.05) is 32.9 Å². The van der Waals surface area contributed by atoms with Gasteiger partial charge in [0.25, 0.3) is 0 Å². The quantitative estimate of drug-likeness (QED) is 0.280. The maximum Gasteiger partial charge on any atom is 0.335 e. The summed E-state index contributed by atoms with van der Waals surface area (Å²) in [6, 6.07) is 10.8. The van der Waals surface area contributed by atoms with Crippen molar-refractivity contribution in [3.63, 3.8) is 0 Å². The topological polar surface area (TPSA) is 71.1 Å². The normalized spacial score (nSPS) is 10.3. The number of esters is 2. The molecule has 0 atom stereocenters. The first-order valence-electron chi connectivity index (χ1n) is 10.2. The fourth-order valence-electron chi connectivity index (χ4n) is 3.28. The summed E-state index contributed by atoms with van der Waals surface area (Å²) < 4.78 is 22.5. The van der Waals surface area contributed by atoms with Gasteiger partial charge in [-0.2, -0.15) is 0 Å². The van der Waals surface area contributed by atoms with Gasteiger partial charge in [0.15, 0.2) is 23.0 Å². The molecular formula is C25H28O6. The molecule has 0 aliphatic carbocycles. The van der Waals surface area contributed by atoms with Gasteiger partial charge in [-0.15, -0.1) is 0 Å². The lowest BCUT2D eigenvalue weighted by molar-refractivity contribution is -0.130. The van der Waals surface area contributed by atoms with Crippen molar-refractivity contribution >= 4 is 11.9 Å². The summed E-state index contributed by atoms with van der Waals surface area (Å²) in [5, 5.41) is 0.